The second-order valence-electron chi connectivity index (χ2n) is 9.01. The number of carbonyl (C=O) groups excluding carboxylic acids is 1. The number of amides is 1. The van der Waals surface area contributed by atoms with Crippen molar-refractivity contribution in [1.82, 2.24) is 19.0 Å². The lowest BCUT2D eigenvalue weighted by molar-refractivity contribution is 0.0668. The van der Waals surface area contributed by atoms with E-state index in [0.29, 0.717) is 10.9 Å². The van der Waals surface area contributed by atoms with E-state index < -0.39 is 30.3 Å². The minimum absolute atomic E-state index is 0.000691. The number of likely N-dealkylation sites (tertiary alicyclic amines) is 1. The topological polar surface area (TPSA) is 78.6 Å². The Morgan fingerprint density at radius 3 is 2.59 bits per heavy atom. The fraction of sp³-hybridized carbons (Fsp3) is 0.346. The minimum Gasteiger partial charge on any atom is -0.478 e. The molecule has 0 saturated carbocycles. The van der Waals surface area contributed by atoms with E-state index in [9.17, 15) is 18.4 Å². The zero-order chi connectivity index (χ0) is 26.4. The Morgan fingerprint density at radius 2 is 1.92 bits per heavy atom. The Kier molecular flexibility index (Phi) is 6.30. The lowest BCUT2D eigenvalue weighted by atomic mass is 10.1. The summed E-state index contributed by atoms with van der Waals surface area (Å²) < 4.78 is 55.5. The molecule has 0 bridgehead atoms. The Labute approximate surface area is 209 Å². The highest BCUT2D eigenvalue weighted by Gasteiger charge is 2.28. The van der Waals surface area contributed by atoms with Gasteiger partial charge in [-0.2, -0.15) is 0 Å². The highest BCUT2D eigenvalue weighted by molar-refractivity contribution is 6.05. The number of methoxy groups -OCH3 is 1. The number of nitrogens with zero attached hydrogens (tertiary/aromatic N) is 4. The van der Waals surface area contributed by atoms with E-state index in [1.807, 2.05) is 18.5 Å². The summed E-state index contributed by atoms with van der Waals surface area (Å²) in [6.45, 7) is 1.01. The molecule has 0 spiro atoms. The summed E-state index contributed by atoms with van der Waals surface area (Å²) in [7, 11) is 3.10. The van der Waals surface area contributed by atoms with E-state index >= 15 is 4.39 Å². The van der Waals surface area contributed by atoms with E-state index in [4.69, 9.17) is 9.47 Å². The number of carbonyl (C=O) groups is 1. The van der Waals surface area contributed by atoms with Crippen molar-refractivity contribution >= 4 is 27.7 Å². The molecule has 11 heteroatoms. The molecule has 8 nitrogen and oxygen atoms in total. The monoisotopic (exact) mass is 514 g/mol. The van der Waals surface area contributed by atoms with Crippen LogP contribution < -0.4 is 15.0 Å². The van der Waals surface area contributed by atoms with Gasteiger partial charge in [-0.1, -0.05) is 0 Å². The molecule has 0 atom stereocenters. The molecule has 4 aromatic rings. The lowest BCUT2D eigenvalue weighted by Gasteiger charge is -2.29. The molecule has 1 saturated heterocycles. The first-order valence-corrected chi connectivity index (χ1v) is 11.8. The summed E-state index contributed by atoms with van der Waals surface area (Å²) in [5.41, 5.74) is 0.718. The Morgan fingerprint density at radius 1 is 1.19 bits per heavy atom. The van der Waals surface area contributed by atoms with Crippen molar-refractivity contribution in [3.63, 3.8) is 0 Å². The number of aryl methyl sites for hydroxylation is 2. The van der Waals surface area contributed by atoms with Gasteiger partial charge in [0, 0.05) is 43.5 Å². The van der Waals surface area contributed by atoms with Crippen LogP contribution in [-0.4, -0.2) is 58.2 Å². The van der Waals surface area contributed by atoms with Gasteiger partial charge in [0.2, 0.25) is 6.86 Å². The molecule has 194 valence electrons. The average Bonchev–Trinajstić information content (AvgIpc) is 3.19. The molecule has 0 N–H and O–H groups in total. The summed E-state index contributed by atoms with van der Waals surface area (Å²) in [4.78, 5) is 33.0. The molecular formula is C26H25F3N4O4. The number of aromatic nitrogens is 3. The molecule has 3 aromatic heterocycles. The second kappa shape index (κ2) is 9.45. The van der Waals surface area contributed by atoms with Crippen LogP contribution in [0.25, 0.3) is 27.5 Å². The van der Waals surface area contributed by atoms with Gasteiger partial charge in [-0.3, -0.25) is 14.2 Å². The molecule has 4 heterocycles. The van der Waals surface area contributed by atoms with Crippen LogP contribution in [0.2, 0.25) is 0 Å². The first kappa shape index (κ1) is 24.7. The molecule has 1 aliphatic rings. The third-order valence-electron chi connectivity index (χ3n) is 6.90. The summed E-state index contributed by atoms with van der Waals surface area (Å²) >= 11 is 0. The highest BCUT2D eigenvalue weighted by atomic mass is 19.1. The smallest absolute Gasteiger partial charge is 0.264 e. The van der Waals surface area contributed by atoms with Gasteiger partial charge < -0.3 is 18.9 Å². The quantitative estimate of drug-likeness (QED) is 0.399. The summed E-state index contributed by atoms with van der Waals surface area (Å²) in [5.74, 6) is -1.39. The number of fused-ring (bicyclic) bond motifs is 2. The Hall–Kier alpha value is -4.02. The summed E-state index contributed by atoms with van der Waals surface area (Å²) in [5, 5.41) is 0.232. The molecule has 0 aliphatic carbocycles. The maximum Gasteiger partial charge on any atom is 0.264 e. The van der Waals surface area contributed by atoms with Gasteiger partial charge in [0.15, 0.2) is 11.6 Å². The van der Waals surface area contributed by atoms with Gasteiger partial charge in [-0.15, -0.1) is 0 Å². The first-order valence-electron chi connectivity index (χ1n) is 11.8. The van der Waals surface area contributed by atoms with Crippen molar-refractivity contribution in [3.8, 4) is 17.3 Å². The zero-order valence-electron chi connectivity index (χ0n) is 20.6. The van der Waals surface area contributed by atoms with Crippen LogP contribution in [0.5, 0.6) is 11.6 Å². The van der Waals surface area contributed by atoms with Gasteiger partial charge >= 0.3 is 0 Å². The number of hydrogen-bond acceptors (Lipinski definition) is 5. The second-order valence-corrected chi connectivity index (χ2v) is 9.01. The van der Waals surface area contributed by atoms with Gasteiger partial charge in [0.05, 0.1) is 34.8 Å². The molecule has 0 unspecified atom stereocenters. The number of rotatable bonds is 5. The molecule has 5 rings (SSSR count). The zero-order valence-corrected chi connectivity index (χ0v) is 20.6. The molecule has 0 radical (unpaired) electrons. The lowest BCUT2D eigenvalue weighted by Crippen LogP contribution is -2.39. The van der Waals surface area contributed by atoms with Crippen molar-refractivity contribution in [2.45, 2.75) is 25.9 Å². The summed E-state index contributed by atoms with van der Waals surface area (Å²) in [6.07, 6.45) is 0.625. The van der Waals surface area contributed by atoms with E-state index in [0.717, 1.165) is 10.3 Å². The summed E-state index contributed by atoms with van der Waals surface area (Å²) in [6, 6.07) is 6.05. The number of benzene rings is 1. The van der Waals surface area contributed by atoms with Crippen molar-refractivity contribution in [2.24, 2.45) is 7.05 Å². The van der Waals surface area contributed by atoms with Crippen molar-refractivity contribution < 1.29 is 27.4 Å². The van der Waals surface area contributed by atoms with Crippen molar-refractivity contribution in [3.05, 3.63) is 57.9 Å². The molecule has 37 heavy (non-hydrogen) atoms. The number of pyridine rings is 2. The van der Waals surface area contributed by atoms with Gasteiger partial charge in [0.1, 0.15) is 6.17 Å². The minimum atomic E-state index is -1.20. The standard InChI is InChI=1S/C26H25F3N4O4/c1-14-10-16-19(31(14)2)4-5-20(22(16)29)33-12-18(25(34)32-8-6-15(28)7-9-32)23-17(26(33)35)11-21(37-13-27)24(30-23)36-3/h4-5,10-12,15H,6-9,13H2,1-3H3. The van der Waals surface area contributed by atoms with Crippen LogP contribution in [0.15, 0.2) is 35.3 Å². The fourth-order valence-electron chi connectivity index (χ4n) is 4.77. The molecule has 1 aromatic carbocycles. The van der Waals surface area contributed by atoms with Crippen molar-refractivity contribution in [1.29, 1.82) is 0 Å². The number of piperidine rings is 1. The van der Waals surface area contributed by atoms with Gasteiger partial charge in [0.25, 0.3) is 17.3 Å². The molecule has 1 amide bonds. The third-order valence-corrected chi connectivity index (χ3v) is 6.90. The van der Waals surface area contributed by atoms with Crippen LogP contribution in [-0.2, 0) is 7.05 Å². The average molecular weight is 515 g/mol. The highest BCUT2D eigenvalue weighted by Crippen LogP contribution is 2.32. The Bertz CT molecular complexity index is 1590. The molecule has 1 fully saturated rings. The predicted octanol–water partition coefficient (Wildman–Crippen LogP) is 4.21. The SMILES string of the molecule is COc1nc2c(C(=O)N3CCC(F)CC3)cn(-c3ccc4c(cc(C)n4C)c3F)c(=O)c2cc1OCF. The number of hydrogen-bond donors (Lipinski definition) is 0. The number of halogens is 3. The normalized spacial score (nSPS) is 14.5. The van der Waals surface area contributed by atoms with E-state index in [1.165, 1.54) is 30.3 Å². The van der Waals surface area contributed by atoms with Crippen LogP contribution in [0.1, 0.15) is 28.9 Å². The van der Waals surface area contributed by atoms with Crippen LogP contribution in [0.3, 0.4) is 0 Å². The largest absolute Gasteiger partial charge is 0.478 e. The fourth-order valence-corrected chi connectivity index (χ4v) is 4.77. The maximum atomic E-state index is 15.8. The van der Waals surface area contributed by atoms with Crippen LogP contribution in [0.4, 0.5) is 13.2 Å². The maximum absolute atomic E-state index is 15.8. The van der Waals surface area contributed by atoms with Gasteiger partial charge in [-0.25, -0.2) is 18.2 Å². The van der Waals surface area contributed by atoms with E-state index in [2.05, 4.69) is 4.98 Å². The molecular weight excluding hydrogens is 489 g/mol. The number of alkyl halides is 2. The number of ether oxygens (including phenoxy) is 2. The first-order chi connectivity index (χ1) is 17.7. The van der Waals surface area contributed by atoms with Crippen LogP contribution in [0, 0.1) is 12.7 Å². The predicted molar refractivity (Wildman–Crippen MR) is 132 cm³/mol. The van der Waals surface area contributed by atoms with E-state index in [-0.39, 0.29) is 59.7 Å². The third kappa shape index (κ3) is 4.08. The Balaban J connectivity index is 1.78. The van der Waals surface area contributed by atoms with Gasteiger partial charge in [-0.05, 0) is 38.0 Å². The molecule has 1 aliphatic heterocycles. The van der Waals surface area contributed by atoms with Crippen LogP contribution >= 0.6 is 0 Å². The van der Waals surface area contributed by atoms with E-state index in [1.54, 1.807) is 12.1 Å². The van der Waals surface area contributed by atoms with Crippen molar-refractivity contribution in [2.75, 3.05) is 27.1 Å².